The van der Waals surface area contributed by atoms with Gasteiger partial charge in [0, 0.05) is 21.1 Å². The van der Waals surface area contributed by atoms with E-state index in [4.69, 9.17) is 0 Å². The standard InChI is InChI=1S/C15H19N7/c1-20(2)15-17-10-13(21(15)3)9-16-14-11-18-22(19-14)12-7-5-4-6-8-12/h4-8,10-11H,9H2,1-3H3,(H,16,19). The van der Waals surface area contributed by atoms with E-state index in [9.17, 15) is 0 Å². The van der Waals surface area contributed by atoms with Crippen molar-refractivity contribution in [1.82, 2.24) is 24.5 Å². The lowest BCUT2D eigenvalue weighted by atomic mass is 10.3. The first-order valence-corrected chi connectivity index (χ1v) is 7.04. The van der Waals surface area contributed by atoms with E-state index in [2.05, 4.69) is 25.1 Å². The van der Waals surface area contributed by atoms with E-state index in [1.54, 1.807) is 11.0 Å². The number of hydrogen-bond donors (Lipinski definition) is 1. The highest BCUT2D eigenvalue weighted by molar-refractivity contribution is 5.36. The summed E-state index contributed by atoms with van der Waals surface area (Å²) in [6, 6.07) is 9.83. The molecule has 7 heteroatoms. The van der Waals surface area contributed by atoms with E-state index < -0.39 is 0 Å². The van der Waals surface area contributed by atoms with Crippen molar-refractivity contribution in [3.8, 4) is 5.69 Å². The molecule has 22 heavy (non-hydrogen) atoms. The van der Waals surface area contributed by atoms with Crippen LogP contribution in [0.3, 0.4) is 0 Å². The molecule has 1 aromatic carbocycles. The molecule has 114 valence electrons. The summed E-state index contributed by atoms with van der Waals surface area (Å²) in [6.07, 6.45) is 3.58. The van der Waals surface area contributed by atoms with Crippen molar-refractivity contribution in [2.45, 2.75) is 6.54 Å². The maximum absolute atomic E-state index is 4.42. The minimum absolute atomic E-state index is 0.644. The molecule has 2 heterocycles. The van der Waals surface area contributed by atoms with Crippen molar-refractivity contribution in [1.29, 1.82) is 0 Å². The Kier molecular flexibility index (Phi) is 3.78. The Balaban J connectivity index is 1.69. The third kappa shape index (κ3) is 2.78. The Morgan fingerprint density at radius 1 is 1.14 bits per heavy atom. The van der Waals surface area contributed by atoms with Crippen LogP contribution in [0.5, 0.6) is 0 Å². The largest absolute Gasteiger partial charge is 0.362 e. The van der Waals surface area contributed by atoms with Crippen LogP contribution in [0.25, 0.3) is 5.69 Å². The summed E-state index contributed by atoms with van der Waals surface area (Å²) in [6.45, 7) is 0.644. The zero-order valence-electron chi connectivity index (χ0n) is 12.9. The second kappa shape index (κ2) is 5.88. The maximum Gasteiger partial charge on any atom is 0.204 e. The molecule has 3 aromatic rings. The van der Waals surface area contributed by atoms with E-state index in [0.717, 1.165) is 23.1 Å². The quantitative estimate of drug-likeness (QED) is 0.776. The number of nitrogens with one attached hydrogen (secondary N) is 1. The summed E-state index contributed by atoms with van der Waals surface area (Å²) in [5.41, 5.74) is 2.02. The summed E-state index contributed by atoms with van der Waals surface area (Å²) < 4.78 is 2.05. The molecule has 0 fully saturated rings. The molecule has 2 aromatic heterocycles. The third-order valence-corrected chi connectivity index (χ3v) is 3.39. The SMILES string of the molecule is CN(C)c1ncc(CNc2cnn(-c3ccccc3)n2)n1C. The van der Waals surface area contributed by atoms with Gasteiger partial charge in [-0.05, 0) is 12.1 Å². The summed E-state index contributed by atoms with van der Waals surface area (Å²) in [5.74, 6) is 1.65. The highest BCUT2D eigenvalue weighted by Gasteiger charge is 2.08. The molecule has 0 spiro atoms. The second-order valence-electron chi connectivity index (χ2n) is 5.21. The van der Waals surface area contributed by atoms with Crippen LogP contribution in [0, 0.1) is 0 Å². The number of aromatic nitrogens is 5. The third-order valence-electron chi connectivity index (χ3n) is 3.39. The lowest BCUT2D eigenvalue weighted by Gasteiger charge is -2.12. The van der Waals surface area contributed by atoms with Crippen LogP contribution >= 0.6 is 0 Å². The topological polar surface area (TPSA) is 63.8 Å². The zero-order valence-corrected chi connectivity index (χ0v) is 12.9. The summed E-state index contributed by atoms with van der Waals surface area (Å²) >= 11 is 0. The molecule has 0 atom stereocenters. The maximum atomic E-state index is 4.42. The number of imidazole rings is 1. The molecule has 0 aliphatic carbocycles. The van der Waals surface area contributed by atoms with Crippen LogP contribution in [0.1, 0.15) is 5.69 Å². The van der Waals surface area contributed by atoms with Crippen molar-refractivity contribution in [2.75, 3.05) is 24.3 Å². The smallest absolute Gasteiger partial charge is 0.204 e. The van der Waals surface area contributed by atoms with E-state index in [1.165, 1.54) is 0 Å². The van der Waals surface area contributed by atoms with Crippen molar-refractivity contribution in [3.05, 3.63) is 48.4 Å². The minimum Gasteiger partial charge on any atom is -0.362 e. The number of anilines is 2. The van der Waals surface area contributed by atoms with Crippen LogP contribution < -0.4 is 10.2 Å². The van der Waals surface area contributed by atoms with E-state index in [-0.39, 0.29) is 0 Å². The van der Waals surface area contributed by atoms with Crippen molar-refractivity contribution in [2.24, 2.45) is 7.05 Å². The molecule has 0 aliphatic heterocycles. The molecule has 0 saturated heterocycles. The summed E-state index contributed by atoms with van der Waals surface area (Å²) in [5, 5.41) is 12.0. The van der Waals surface area contributed by atoms with E-state index >= 15 is 0 Å². The first-order chi connectivity index (χ1) is 10.6. The molecule has 3 rings (SSSR count). The highest BCUT2D eigenvalue weighted by Crippen LogP contribution is 2.13. The van der Waals surface area contributed by atoms with Crippen LogP contribution in [-0.2, 0) is 13.6 Å². The molecular formula is C15H19N7. The van der Waals surface area contributed by atoms with Gasteiger partial charge in [-0.1, -0.05) is 18.2 Å². The number of rotatable bonds is 5. The van der Waals surface area contributed by atoms with Gasteiger partial charge in [0.25, 0.3) is 0 Å². The fraction of sp³-hybridized carbons (Fsp3) is 0.267. The highest BCUT2D eigenvalue weighted by atomic mass is 15.5. The van der Waals surface area contributed by atoms with Crippen molar-refractivity contribution in [3.63, 3.8) is 0 Å². The normalized spacial score (nSPS) is 10.7. The first kappa shape index (κ1) is 14.1. The van der Waals surface area contributed by atoms with Crippen LogP contribution in [-0.4, -0.2) is 38.6 Å². The van der Waals surface area contributed by atoms with Gasteiger partial charge < -0.3 is 14.8 Å². The zero-order chi connectivity index (χ0) is 15.5. The Morgan fingerprint density at radius 2 is 1.91 bits per heavy atom. The Labute approximate surface area is 129 Å². The van der Waals surface area contributed by atoms with Gasteiger partial charge in [-0.2, -0.15) is 5.10 Å². The van der Waals surface area contributed by atoms with Gasteiger partial charge in [0.05, 0.1) is 30.3 Å². The molecule has 0 amide bonds. The summed E-state index contributed by atoms with van der Waals surface area (Å²) in [4.78, 5) is 7.98. The monoisotopic (exact) mass is 297 g/mol. The molecule has 0 unspecified atom stereocenters. The Morgan fingerprint density at radius 3 is 2.59 bits per heavy atom. The second-order valence-corrected chi connectivity index (χ2v) is 5.21. The number of para-hydroxylation sites is 1. The van der Waals surface area contributed by atoms with Crippen molar-refractivity contribution >= 4 is 11.8 Å². The Hall–Kier alpha value is -2.83. The predicted octanol–water partition coefficient (Wildman–Crippen LogP) is 1.68. The van der Waals surface area contributed by atoms with Gasteiger partial charge >= 0.3 is 0 Å². The summed E-state index contributed by atoms with van der Waals surface area (Å²) in [7, 11) is 5.95. The number of nitrogens with zero attached hydrogens (tertiary/aromatic N) is 6. The van der Waals surface area contributed by atoms with Gasteiger partial charge in [0.15, 0.2) is 5.82 Å². The molecule has 0 saturated carbocycles. The fourth-order valence-electron chi connectivity index (χ4n) is 2.22. The van der Waals surface area contributed by atoms with Crippen LogP contribution in [0.15, 0.2) is 42.7 Å². The predicted molar refractivity (Wildman–Crippen MR) is 86.2 cm³/mol. The van der Waals surface area contributed by atoms with Crippen LogP contribution in [0.4, 0.5) is 11.8 Å². The average molecular weight is 297 g/mol. The molecule has 7 nitrogen and oxygen atoms in total. The van der Waals surface area contributed by atoms with Crippen LogP contribution in [0.2, 0.25) is 0 Å². The molecule has 1 N–H and O–H groups in total. The molecule has 0 radical (unpaired) electrons. The van der Waals surface area contributed by atoms with Gasteiger partial charge in [0.1, 0.15) is 0 Å². The minimum atomic E-state index is 0.644. The molecule has 0 bridgehead atoms. The average Bonchev–Trinajstić information content (AvgIpc) is 3.13. The van der Waals surface area contributed by atoms with Gasteiger partial charge in [-0.15, -0.1) is 9.90 Å². The lowest BCUT2D eigenvalue weighted by Crippen LogP contribution is -2.15. The van der Waals surface area contributed by atoms with Crippen molar-refractivity contribution < 1.29 is 0 Å². The first-order valence-electron chi connectivity index (χ1n) is 7.04. The van der Waals surface area contributed by atoms with Gasteiger partial charge in [-0.3, -0.25) is 0 Å². The van der Waals surface area contributed by atoms with E-state index in [0.29, 0.717) is 6.54 Å². The molecule has 0 aliphatic rings. The number of benzene rings is 1. The van der Waals surface area contributed by atoms with E-state index in [1.807, 2.05) is 62.6 Å². The fourth-order valence-corrected chi connectivity index (χ4v) is 2.22. The van der Waals surface area contributed by atoms with Gasteiger partial charge in [-0.25, -0.2) is 4.98 Å². The number of hydrogen-bond acceptors (Lipinski definition) is 5. The van der Waals surface area contributed by atoms with Gasteiger partial charge in [0.2, 0.25) is 5.95 Å². The lowest BCUT2D eigenvalue weighted by molar-refractivity contribution is 0.751. The molecular weight excluding hydrogens is 278 g/mol. The Bertz CT molecular complexity index is 742.